The highest BCUT2D eigenvalue weighted by atomic mass is 32.2. The average Bonchev–Trinajstić information content (AvgIpc) is 2.84. The van der Waals surface area contributed by atoms with Crippen LogP contribution in [0, 0.1) is 0 Å². The van der Waals surface area contributed by atoms with Gasteiger partial charge in [-0.15, -0.1) is 0 Å². The van der Waals surface area contributed by atoms with Gasteiger partial charge in [0.1, 0.15) is 0 Å². The Labute approximate surface area is 188 Å². The van der Waals surface area contributed by atoms with E-state index in [1.54, 1.807) is 12.1 Å². The molecule has 0 spiro atoms. The maximum absolute atomic E-state index is 13.6. The zero-order chi connectivity index (χ0) is 22.3. The van der Waals surface area contributed by atoms with Crippen LogP contribution in [0.15, 0.2) is 82.7 Å². The number of rotatable bonds is 4. The maximum Gasteiger partial charge on any atom is 0.281 e. The Bertz CT molecular complexity index is 1350. The van der Waals surface area contributed by atoms with Crippen LogP contribution in [0.25, 0.3) is 10.9 Å². The Kier molecular flexibility index (Phi) is 4.86. The monoisotopic (exact) mass is 445 g/mol. The fourth-order valence-electron chi connectivity index (χ4n) is 3.92. The van der Waals surface area contributed by atoms with E-state index in [-0.39, 0.29) is 11.5 Å². The lowest BCUT2D eigenvalue weighted by molar-refractivity contribution is -0.119. The van der Waals surface area contributed by atoms with Crippen molar-refractivity contribution in [3.63, 3.8) is 0 Å². The number of carbonyl (C=O) groups is 1. The summed E-state index contributed by atoms with van der Waals surface area (Å²) in [6, 6.07) is 22.2. The number of aromatic nitrogens is 2. The summed E-state index contributed by atoms with van der Waals surface area (Å²) in [6.07, 6.45) is 0. The predicted octanol–water partition coefficient (Wildman–Crippen LogP) is 3.53. The number of hydrogen-bond acceptors (Lipinski definition) is 6. The number of thioether (sulfide) groups is 1. The molecule has 7 nitrogen and oxygen atoms in total. The molecule has 1 aromatic heterocycles. The number of amides is 1. The number of methoxy groups -OCH3 is 2. The van der Waals surface area contributed by atoms with E-state index < -0.39 is 4.75 Å². The summed E-state index contributed by atoms with van der Waals surface area (Å²) < 4.78 is 10.8. The SMILES string of the molecule is COc1cc2nc3n(c(=O)c2cc1OC)NC(=O)C(c1ccccc1)(c1ccccc1)S3. The second-order valence-corrected chi connectivity index (χ2v) is 8.40. The molecule has 0 radical (unpaired) electrons. The maximum atomic E-state index is 13.6. The van der Waals surface area contributed by atoms with Crippen LogP contribution in [0.5, 0.6) is 11.5 Å². The third-order valence-corrected chi connectivity index (χ3v) is 6.90. The Balaban J connectivity index is 1.77. The molecule has 0 saturated carbocycles. The molecule has 0 unspecified atom stereocenters. The van der Waals surface area contributed by atoms with E-state index in [0.717, 1.165) is 11.1 Å². The number of nitrogens with zero attached hydrogens (tertiary/aromatic N) is 2. The first-order valence-corrected chi connectivity index (χ1v) is 10.7. The molecule has 3 aromatic carbocycles. The minimum Gasteiger partial charge on any atom is -0.493 e. The Morgan fingerprint density at radius 2 is 1.44 bits per heavy atom. The summed E-state index contributed by atoms with van der Waals surface area (Å²) in [7, 11) is 3.03. The van der Waals surface area contributed by atoms with E-state index in [1.165, 1.54) is 30.7 Å². The Morgan fingerprint density at radius 1 is 0.875 bits per heavy atom. The van der Waals surface area contributed by atoms with E-state index in [2.05, 4.69) is 5.43 Å². The first-order chi connectivity index (χ1) is 15.6. The van der Waals surface area contributed by atoms with Gasteiger partial charge in [0.05, 0.1) is 25.1 Å². The number of carbonyl (C=O) groups excluding carboxylic acids is 1. The van der Waals surface area contributed by atoms with E-state index in [4.69, 9.17) is 14.5 Å². The molecular weight excluding hydrogens is 426 g/mol. The highest BCUT2D eigenvalue weighted by Gasteiger charge is 2.48. The zero-order valence-corrected chi connectivity index (χ0v) is 18.2. The molecule has 0 bridgehead atoms. The number of ether oxygens (including phenoxy) is 2. The minimum absolute atomic E-state index is 0.319. The van der Waals surface area contributed by atoms with E-state index >= 15 is 0 Å². The smallest absolute Gasteiger partial charge is 0.281 e. The van der Waals surface area contributed by atoms with Crippen molar-refractivity contribution < 1.29 is 14.3 Å². The van der Waals surface area contributed by atoms with E-state index in [9.17, 15) is 9.59 Å². The third-order valence-electron chi connectivity index (χ3n) is 5.48. The van der Waals surface area contributed by atoms with Gasteiger partial charge in [-0.2, -0.15) is 4.68 Å². The molecule has 0 fully saturated rings. The molecule has 1 aliphatic heterocycles. The number of fused-ring (bicyclic) bond motifs is 2. The van der Waals surface area contributed by atoms with Crippen molar-refractivity contribution in [2.45, 2.75) is 9.90 Å². The third kappa shape index (κ3) is 2.95. The van der Waals surface area contributed by atoms with Crippen molar-refractivity contribution in [3.05, 3.63) is 94.3 Å². The second-order valence-electron chi connectivity index (χ2n) is 7.22. The standard InChI is InChI=1S/C24H19N3O4S/c1-30-19-13-17-18(14-20(19)31-2)25-23-27(21(17)28)26-22(29)24(32-23,15-9-5-3-6-10-15)16-11-7-4-8-12-16/h3-14H,1-2H3,(H,26,29). The molecule has 32 heavy (non-hydrogen) atoms. The number of benzene rings is 3. The van der Waals surface area contributed by atoms with Crippen molar-refractivity contribution >= 4 is 28.6 Å². The van der Waals surface area contributed by atoms with Gasteiger partial charge in [-0.05, 0) is 17.2 Å². The molecule has 1 amide bonds. The van der Waals surface area contributed by atoms with Gasteiger partial charge in [0.2, 0.25) is 0 Å². The first kappa shape index (κ1) is 20.1. The molecule has 1 aliphatic rings. The minimum atomic E-state index is -1.10. The van der Waals surface area contributed by atoms with Crippen LogP contribution in [0.4, 0.5) is 0 Å². The van der Waals surface area contributed by atoms with Crippen molar-refractivity contribution in [1.82, 2.24) is 9.66 Å². The fraction of sp³-hybridized carbons (Fsp3) is 0.125. The van der Waals surface area contributed by atoms with Crippen LogP contribution in [0.3, 0.4) is 0 Å². The summed E-state index contributed by atoms with van der Waals surface area (Å²) in [5.74, 6) is 0.562. The summed E-state index contributed by atoms with van der Waals surface area (Å²) >= 11 is 1.24. The van der Waals surface area contributed by atoms with Crippen LogP contribution >= 0.6 is 11.8 Å². The van der Waals surface area contributed by atoms with E-state index in [1.807, 2.05) is 60.7 Å². The molecule has 5 rings (SSSR count). The molecule has 4 aromatic rings. The van der Waals surface area contributed by atoms with Gasteiger partial charge in [-0.25, -0.2) is 4.98 Å². The molecular formula is C24H19N3O4S. The van der Waals surface area contributed by atoms with Crippen LogP contribution in [0.2, 0.25) is 0 Å². The van der Waals surface area contributed by atoms with Crippen molar-refractivity contribution in [2.75, 3.05) is 19.6 Å². The Hall–Kier alpha value is -3.78. The van der Waals surface area contributed by atoms with Gasteiger partial charge in [-0.1, -0.05) is 72.4 Å². The molecule has 8 heteroatoms. The molecule has 2 heterocycles. The van der Waals surface area contributed by atoms with Crippen LogP contribution in [-0.2, 0) is 9.54 Å². The largest absolute Gasteiger partial charge is 0.493 e. The van der Waals surface area contributed by atoms with Gasteiger partial charge in [0.15, 0.2) is 21.4 Å². The van der Waals surface area contributed by atoms with Gasteiger partial charge < -0.3 is 9.47 Å². The lowest BCUT2D eigenvalue weighted by Gasteiger charge is -2.36. The lowest BCUT2D eigenvalue weighted by atomic mass is 9.89. The second kappa shape index (κ2) is 7.72. The lowest BCUT2D eigenvalue weighted by Crippen LogP contribution is -2.49. The van der Waals surface area contributed by atoms with Crippen LogP contribution < -0.4 is 20.5 Å². The Morgan fingerprint density at radius 3 is 2.00 bits per heavy atom. The highest BCUT2D eigenvalue weighted by Crippen LogP contribution is 2.48. The van der Waals surface area contributed by atoms with Crippen molar-refractivity contribution in [3.8, 4) is 11.5 Å². The van der Waals surface area contributed by atoms with Crippen molar-refractivity contribution in [2.24, 2.45) is 0 Å². The molecule has 0 aliphatic carbocycles. The van der Waals surface area contributed by atoms with Gasteiger partial charge in [-0.3, -0.25) is 15.0 Å². The molecule has 0 saturated heterocycles. The topological polar surface area (TPSA) is 82.5 Å². The molecule has 160 valence electrons. The number of hydrogen-bond donors (Lipinski definition) is 1. The highest BCUT2D eigenvalue weighted by molar-refractivity contribution is 8.01. The van der Waals surface area contributed by atoms with Crippen LogP contribution in [-0.4, -0.2) is 29.8 Å². The zero-order valence-electron chi connectivity index (χ0n) is 17.4. The normalized spacial score (nSPS) is 14.5. The summed E-state index contributed by atoms with van der Waals surface area (Å²) in [5, 5.41) is 0.696. The van der Waals surface area contributed by atoms with Gasteiger partial charge in [0, 0.05) is 6.07 Å². The summed E-state index contributed by atoms with van der Waals surface area (Å²) in [5.41, 5.74) is 4.44. The summed E-state index contributed by atoms with van der Waals surface area (Å²) in [4.78, 5) is 31.6. The predicted molar refractivity (Wildman–Crippen MR) is 123 cm³/mol. The molecule has 0 atom stereocenters. The van der Waals surface area contributed by atoms with E-state index in [0.29, 0.717) is 27.6 Å². The quantitative estimate of drug-likeness (QED) is 0.484. The average molecular weight is 446 g/mol. The van der Waals surface area contributed by atoms with Gasteiger partial charge >= 0.3 is 0 Å². The fourth-order valence-corrected chi connectivity index (χ4v) is 5.20. The summed E-state index contributed by atoms with van der Waals surface area (Å²) in [6.45, 7) is 0. The molecule has 1 N–H and O–H groups in total. The van der Waals surface area contributed by atoms with Crippen LogP contribution in [0.1, 0.15) is 11.1 Å². The first-order valence-electron chi connectivity index (χ1n) is 9.89. The van der Waals surface area contributed by atoms with Gasteiger partial charge in [0.25, 0.3) is 11.5 Å². The number of nitrogens with one attached hydrogen (secondary N) is 1. The van der Waals surface area contributed by atoms with Crippen molar-refractivity contribution in [1.29, 1.82) is 0 Å².